The molecule has 0 radical (unpaired) electrons. The first-order valence-corrected chi connectivity index (χ1v) is 7.84. The average molecular weight is 268 g/mol. The van der Waals surface area contributed by atoms with Gasteiger partial charge in [-0.25, -0.2) is 4.68 Å². The van der Waals surface area contributed by atoms with Crippen LogP contribution in [-0.2, 0) is 11.3 Å². The van der Waals surface area contributed by atoms with Gasteiger partial charge in [-0.05, 0) is 36.1 Å². The molecule has 1 aliphatic heterocycles. The van der Waals surface area contributed by atoms with Crippen molar-refractivity contribution >= 4 is 11.8 Å². The van der Waals surface area contributed by atoms with Gasteiger partial charge in [0, 0.05) is 11.9 Å². The molecule has 0 aromatic carbocycles. The summed E-state index contributed by atoms with van der Waals surface area (Å²) < 4.78 is 7.57. The molecule has 5 nitrogen and oxygen atoms in total. The Morgan fingerprint density at radius 1 is 1.17 bits per heavy atom. The standard InChI is InChI=1S/C12H20N4OS/c1-2-6-11(7-3-1)18-12-13-14-15-16(12)9-10-5-4-8-17-10/h10-11H,1-9H2/t10-/m0/s1. The molecule has 6 heteroatoms. The molecule has 0 unspecified atom stereocenters. The summed E-state index contributed by atoms with van der Waals surface area (Å²) >= 11 is 1.85. The maximum atomic E-state index is 5.65. The Morgan fingerprint density at radius 3 is 2.83 bits per heavy atom. The van der Waals surface area contributed by atoms with Crippen molar-refractivity contribution in [2.45, 2.75) is 68.0 Å². The number of hydrogen-bond donors (Lipinski definition) is 0. The average Bonchev–Trinajstić information content (AvgIpc) is 3.04. The molecule has 2 aliphatic rings. The van der Waals surface area contributed by atoms with Gasteiger partial charge in [-0.1, -0.05) is 31.0 Å². The summed E-state index contributed by atoms with van der Waals surface area (Å²) in [6.45, 7) is 1.69. The number of aromatic nitrogens is 4. The van der Waals surface area contributed by atoms with Crippen molar-refractivity contribution in [3.8, 4) is 0 Å². The minimum Gasteiger partial charge on any atom is -0.376 e. The molecule has 3 rings (SSSR count). The minimum atomic E-state index is 0.305. The van der Waals surface area contributed by atoms with E-state index in [1.165, 1.54) is 32.1 Å². The van der Waals surface area contributed by atoms with Crippen molar-refractivity contribution in [3.63, 3.8) is 0 Å². The molecule has 0 N–H and O–H groups in total. The molecular formula is C12H20N4OS. The van der Waals surface area contributed by atoms with Gasteiger partial charge in [-0.2, -0.15) is 0 Å². The van der Waals surface area contributed by atoms with E-state index < -0.39 is 0 Å². The monoisotopic (exact) mass is 268 g/mol. The van der Waals surface area contributed by atoms with Gasteiger partial charge in [0.15, 0.2) is 0 Å². The second-order valence-corrected chi connectivity index (χ2v) is 6.42. The Labute approximate surface area is 112 Å². The van der Waals surface area contributed by atoms with Crippen molar-refractivity contribution in [2.24, 2.45) is 0 Å². The molecule has 100 valence electrons. The molecular weight excluding hydrogens is 248 g/mol. The Bertz CT molecular complexity index is 372. The van der Waals surface area contributed by atoms with E-state index in [9.17, 15) is 0 Å². The fourth-order valence-corrected chi connectivity index (χ4v) is 3.89. The number of nitrogens with zero attached hydrogens (tertiary/aromatic N) is 4. The first-order chi connectivity index (χ1) is 8.92. The Hall–Kier alpha value is -0.620. The minimum absolute atomic E-state index is 0.305. The van der Waals surface area contributed by atoms with E-state index in [1.807, 2.05) is 16.4 Å². The van der Waals surface area contributed by atoms with Crippen molar-refractivity contribution in [2.75, 3.05) is 6.61 Å². The van der Waals surface area contributed by atoms with E-state index in [4.69, 9.17) is 4.74 Å². The zero-order chi connectivity index (χ0) is 12.2. The highest BCUT2D eigenvalue weighted by Gasteiger charge is 2.21. The maximum Gasteiger partial charge on any atom is 0.209 e. The SMILES string of the molecule is C1CCC(Sc2nnnn2C[C@@H]2CCCO2)CC1. The van der Waals surface area contributed by atoms with E-state index in [1.54, 1.807) is 0 Å². The third kappa shape index (κ3) is 3.03. The number of ether oxygens (including phenoxy) is 1. The van der Waals surface area contributed by atoms with Crippen molar-refractivity contribution < 1.29 is 4.74 Å². The van der Waals surface area contributed by atoms with Gasteiger partial charge in [-0.3, -0.25) is 0 Å². The van der Waals surface area contributed by atoms with Gasteiger partial charge in [0.25, 0.3) is 0 Å². The van der Waals surface area contributed by atoms with Crippen LogP contribution in [0.5, 0.6) is 0 Å². The normalized spacial score (nSPS) is 25.7. The van der Waals surface area contributed by atoms with E-state index in [0.29, 0.717) is 11.4 Å². The zero-order valence-corrected chi connectivity index (χ0v) is 11.4. The quantitative estimate of drug-likeness (QED) is 0.838. The third-order valence-corrected chi connectivity index (χ3v) is 5.03. The molecule has 1 saturated heterocycles. The highest BCUT2D eigenvalue weighted by atomic mass is 32.2. The molecule has 1 aromatic heterocycles. The molecule has 1 aliphatic carbocycles. The van der Waals surface area contributed by atoms with Crippen LogP contribution in [0.15, 0.2) is 5.16 Å². The van der Waals surface area contributed by atoms with E-state index in [2.05, 4.69) is 15.5 Å². The summed E-state index contributed by atoms with van der Waals surface area (Å²) in [6, 6.07) is 0. The van der Waals surface area contributed by atoms with Gasteiger partial charge < -0.3 is 4.74 Å². The lowest BCUT2D eigenvalue weighted by Crippen LogP contribution is -2.18. The van der Waals surface area contributed by atoms with Gasteiger partial charge in [-0.15, -0.1) is 5.10 Å². The predicted molar refractivity (Wildman–Crippen MR) is 69.5 cm³/mol. The molecule has 2 heterocycles. The number of tetrazole rings is 1. The maximum absolute atomic E-state index is 5.65. The lowest BCUT2D eigenvalue weighted by atomic mass is 10.0. The summed E-state index contributed by atoms with van der Waals surface area (Å²) in [6.07, 6.45) is 9.30. The second kappa shape index (κ2) is 6.02. The van der Waals surface area contributed by atoms with Gasteiger partial charge >= 0.3 is 0 Å². The molecule has 0 spiro atoms. The van der Waals surface area contributed by atoms with Crippen LogP contribution < -0.4 is 0 Å². The fraction of sp³-hybridized carbons (Fsp3) is 0.917. The van der Waals surface area contributed by atoms with Crippen molar-refractivity contribution in [1.82, 2.24) is 20.2 Å². The largest absolute Gasteiger partial charge is 0.376 e. The highest BCUT2D eigenvalue weighted by molar-refractivity contribution is 7.99. The molecule has 1 saturated carbocycles. The molecule has 1 aromatic rings. The van der Waals surface area contributed by atoms with Crippen molar-refractivity contribution in [1.29, 1.82) is 0 Å². The zero-order valence-electron chi connectivity index (χ0n) is 10.6. The molecule has 1 atom stereocenters. The van der Waals surface area contributed by atoms with Crippen LogP contribution in [0.1, 0.15) is 44.9 Å². The topological polar surface area (TPSA) is 52.8 Å². The Morgan fingerprint density at radius 2 is 2.06 bits per heavy atom. The predicted octanol–water partition coefficient (Wildman–Crippen LogP) is 2.28. The molecule has 0 bridgehead atoms. The smallest absolute Gasteiger partial charge is 0.209 e. The van der Waals surface area contributed by atoms with Gasteiger partial charge in [0.1, 0.15) is 0 Å². The third-order valence-electron chi connectivity index (χ3n) is 3.72. The van der Waals surface area contributed by atoms with Crippen LogP contribution in [-0.4, -0.2) is 38.2 Å². The lowest BCUT2D eigenvalue weighted by molar-refractivity contribution is 0.0911. The van der Waals surface area contributed by atoms with Crippen LogP contribution in [0.4, 0.5) is 0 Å². The summed E-state index contributed by atoms with van der Waals surface area (Å²) in [5, 5.41) is 13.7. The number of thioether (sulfide) groups is 1. The summed E-state index contributed by atoms with van der Waals surface area (Å²) in [4.78, 5) is 0. The summed E-state index contributed by atoms with van der Waals surface area (Å²) in [5.74, 6) is 0. The van der Waals surface area contributed by atoms with Crippen LogP contribution in [0.25, 0.3) is 0 Å². The number of hydrogen-bond acceptors (Lipinski definition) is 5. The Balaban J connectivity index is 1.59. The molecule has 2 fully saturated rings. The molecule has 18 heavy (non-hydrogen) atoms. The van der Waals surface area contributed by atoms with Crippen LogP contribution in [0.2, 0.25) is 0 Å². The Kier molecular flexibility index (Phi) is 4.15. The fourth-order valence-electron chi connectivity index (χ4n) is 2.71. The lowest BCUT2D eigenvalue weighted by Gasteiger charge is -2.20. The van der Waals surface area contributed by atoms with Crippen LogP contribution in [0.3, 0.4) is 0 Å². The van der Waals surface area contributed by atoms with Gasteiger partial charge in [0.05, 0.1) is 12.6 Å². The first kappa shape index (κ1) is 12.4. The molecule has 0 amide bonds. The highest BCUT2D eigenvalue weighted by Crippen LogP contribution is 2.32. The summed E-state index contributed by atoms with van der Waals surface area (Å²) in [7, 11) is 0. The van der Waals surface area contributed by atoms with E-state index >= 15 is 0 Å². The van der Waals surface area contributed by atoms with Crippen molar-refractivity contribution in [3.05, 3.63) is 0 Å². The van der Waals surface area contributed by atoms with E-state index in [0.717, 1.165) is 31.1 Å². The van der Waals surface area contributed by atoms with E-state index in [-0.39, 0.29) is 0 Å². The number of rotatable bonds is 4. The van der Waals surface area contributed by atoms with Crippen LogP contribution >= 0.6 is 11.8 Å². The summed E-state index contributed by atoms with van der Waals surface area (Å²) in [5.41, 5.74) is 0. The first-order valence-electron chi connectivity index (χ1n) is 6.96. The van der Waals surface area contributed by atoms with Crippen LogP contribution in [0, 0.1) is 0 Å². The van der Waals surface area contributed by atoms with Gasteiger partial charge in [0.2, 0.25) is 5.16 Å². The second-order valence-electron chi connectivity index (χ2n) is 5.16.